The molecule has 8 heteroatoms. The summed E-state index contributed by atoms with van der Waals surface area (Å²) in [5.41, 5.74) is 5.08. The van der Waals surface area contributed by atoms with Gasteiger partial charge in [0, 0.05) is 9.92 Å². The maximum atomic E-state index is 11.7. The van der Waals surface area contributed by atoms with Crippen molar-refractivity contribution in [3.8, 4) is 11.8 Å². The molecule has 2 N–H and O–H groups in total. The second-order valence-electron chi connectivity index (χ2n) is 4.76. The summed E-state index contributed by atoms with van der Waals surface area (Å²) in [6.45, 7) is -0.253. The van der Waals surface area contributed by atoms with Gasteiger partial charge in [-0.2, -0.15) is 5.26 Å². The van der Waals surface area contributed by atoms with Crippen LogP contribution < -0.4 is 15.6 Å². The van der Waals surface area contributed by atoms with Crippen molar-refractivity contribution in [2.24, 2.45) is 0 Å². The first kappa shape index (κ1) is 18.6. The van der Waals surface area contributed by atoms with Gasteiger partial charge in [-0.1, -0.05) is 11.6 Å². The Bertz CT molecular complexity index is 773. The number of nitriles is 1. The van der Waals surface area contributed by atoms with Gasteiger partial charge in [-0.25, -0.2) is 0 Å². The molecule has 0 unspecified atom stereocenters. The molecule has 0 atom stereocenters. The zero-order valence-electron chi connectivity index (χ0n) is 13.0. The second kappa shape index (κ2) is 9.57. The molecule has 6 nitrogen and oxygen atoms in total. The van der Waals surface area contributed by atoms with Crippen molar-refractivity contribution in [2.75, 3.05) is 12.4 Å². The van der Waals surface area contributed by atoms with Crippen LogP contribution in [-0.2, 0) is 9.59 Å². The van der Waals surface area contributed by atoms with Gasteiger partial charge in [0.15, 0.2) is 6.61 Å². The van der Waals surface area contributed by atoms with Crippen molar-refractivity contribution in [1.82, 2.24) is 10.9 Å². The number of thioether (sulfide) groups is 1. The first-order chi connectivity index (χ1) is 12.1. The number of benzene rings is 2. The molecule has 0 spiro atoms. The number of carbonyl (C=O) groups is 2. The minimum Gasteiger partial charge on any atom is -0.484 e. The maximum absolute atomic E-state index is 11.7. The minimum atomic E-state index is -0.491. The average molecular weight is 376 g/mol. The molecule has 0 heterocycles. The van der Waals surface area contributed by atoms with E-state index in [-0.39, 0.29) is 18.3 Å². The molecular formula is C17H14ClN3O3S. The minimum absolute atomic E-state index is 0.151. The quantitative estimate of drug-likeness (QED) is 0.598. The molecule has 0 aliphatic rings. The SMILES string of the molecule is N#Cc1ccc(OCC(=O)NNC(=O)CSc2ccc(Cl)cc2)cc1. The normalized spacial score (nSPS) is 9.76. The van der Waals surface area contributed by atoms with E-state index in [2.05, 4.69) is 10.9 Å². The van der Waals surface area contributed by atoms with Crippen molar-refractivity contribution in [3.63, 3.8) is 0 Å². The number of hydrazine groups is 1. The molecule has 0 aliphatic heterocycles. The molecule has 0 aliphatic carbocycles. The van der Waals surface area contributed by atoms with Crippen LogP contribution in [0.3, 0.4) is 0 Å². The summed E-state index contributed by atoms with van der Waals surface area (Å²) in [6.07, 6.45) is 0. The van der Waals surface area contributed by atoms with E-state index in [1.807, 2.05) is 18.2 Å². The van der Waals surface area contributed by atoms with Crippen LogP contribution in [0, 0.1) is 11.3 Å². The van der Waals surface area contributed by atoms with Crippen molar-refractivity contribution in [1.29, 1.82) is 5.26 Å². The Balaban J connectivity index is 1.65. The third kappa shape index (κ3) is 6.75. The monoisotopic (exact) mass is 375 g/mol. The van der Waals surface area contributed by atoms with E-state index in [0.717, 1.165) is 4.90 Å². The lowest BCUT2D eigenvalue weighted by Crippen LogP contribution is -2.44. The van der Waals surface area contributed by atoms with Gasteiger partial charge >= 0.3 is 0 Å². The van der Waals surface area contributed by atoms with Gasteiger partial charge in [0.2, 0.25) is 5.91 Å². The molecule has 25 heavy (non-hydrogen) atoms. The van der Waals surface area contributed by atoms with Gasteiger partial charge in [-0.05, 0) is 48.5 Å². The Morgan fingerprint density at radius 3 is 2.32 bits per heavy atom. The van der Waals surface area contributed by atoms with Crippen molar-refractivity contribution in [3.05, 3.63) is 59.1 Å². The summed E-state index contributed by atoms with van der Waals surface area (Å²) in [5.74, 6) is -0.224. The smallest absolute Gasteiger partial charge is 0.276 e. The highest BCUT2D eigenvalue weighted by molar-refractivity contribution is 8.00. The molecule has 0 saturated heterocycles. The highest BCUT2D eigenvalue weighted by Crippen LogP contribution is 2.19. The number of hydrogen-bond donors (Lipinski definition) is 2. The van der Waals surface area contributed by atoms with Crippen molar-refractivity contribution < 1.29 is 14.3 Å². The summed E-state index contributed by atoms with van der Waals surface area (Å²) >= 11 is 7.11. The topological polar surface area (TPSA) is 91.2 Å². The standard InChI is InChI=1S/C17H14ClN3O3S/c18-13-3-7-15(8-4-13)25-11-17(23)21-20-16(22)10-24-14-5-1-12(9-19)2-6-14/h1-8H,10-11H2,(H,20,22)(H,21,23). The predicted molar refractivity (Wildman–Crippen MR) is 95.1 cm³/mol. The van der Waals surface area contributed by atoms with E-state index in [4.69, 9.17) is 21.6 Å². The Labute approximate surface area is 154 Å². The zero-order chi connectivity index (χ0) is 18.1. The fourth-order valence-electron chi connectivity index (χ4n) is 1.67. The van der Waals surface area contributed by atoms with Crippen LogP contribution in [0.4, 0.5) is 0 Å². The zero-order valence-corrected chi connectivity index (χ0v) is 14.6. The van der Waals surface area contributed by atoms with E-state index < -0.39 is 5.91 Å². The summed E-state index contributed by atoms with van der Waals surface area (Å²) in [5, 5.41) is 9.32. The van der Waals surface area contributed by atoms with Crippen LogP contribution in [0.1, 0.15) is 5.56 Å². The first-order valence-corrected chi connectivity index (χ1v) is 8.52. The lowest BCUT2D eigenvalue weighted by molar-refractivity contribution is -0.128. The Kier molecular flexibility index (Phi) is 7.14. The lowest BCUT2D eigenvalue weighted by atomic mass is 10.2. The molecule has 2 amide bonds. The van der Waals surface area contributed by atoms with E-state index in [0.29, 0.717) is 16.3 Å². The van der Waals surface area contributed by atoms with E-state index in [1.54, 1.807) is 36.4 Å². The molecule has 0 aromatic heterocycles. The van der Waals surface area contributed by atoms with Crippen LogP contribution in [0.25, 0.3) is 0 Å². The number of amides is 2. The van der Waals surface area contributed by atoms with Crippen molar-refractivity contribution in [2.45, 2.75) is 4.90 Å². The Morgan fingerprint density at radius 1 is 1.04 bits per heavy atom. The van der Waals surface area contributed by atoms with E-state index >= 15 is 0 Å². The molecular weight excluding hydrogens is 362 g/mol. The van der Waals surface area contributed by atoms with E-state index in [1.165, 1.54) is 11.8 Å². The third-order valence-electron chi connectivity index (χ3n) is 2.88. The van der Waals surface area contributed by atoms with Crippen LogP contribution in [0.5, 0.6) is 5.75 Å². The van der Waals surface area contributed by atoms with Gasteiger partial charge in [0.1, 0.15) is 5.75 Å². The lowest BCUT2D eigenvalue weighted by Gasteiger charge is -2.09. The molecule has 2 aromatic rings. The van der Waals surface area contributed by atoms with Crippen LogP contribution >= 0.6 is 23.4 Å². The van der Waals surface area contributed by atoms with Gasteiger partial charge in [-0.15, -0.1) is 11.8 Å². The highest BCUT2D eigenvalue weighted by atomic mass is 35.5. The van der Waals surface area contributed by atoms with Gasteiger partial charge in [-0.3, -0.25) is 20.4 Å². The maximum Gasteiger partial charge on any atom is 0.276 e. The number of ether oxygens (including phenoxy) is 1. The molecule has 2 rings (SSSR count). The van der Waals surface area contributed by atoms with Crippen LogP contribution in [0.2, 0.25) is 5.02 Å². The van der Waals surface area contributed by atoms with Crippen molar-refractivity contribution >= 4 is 35.2 Å². The number of hydrogen-bond acceptors (Lipinski definition) is 5. The number of nitrogens with zero attached hydrogens (tertiary/aromatic N) is 1. The summed E-state index contributed by atoms with van der Waals surface area (Å²) in [4.78, 5) is 24.2. The molecule has 0 saturated carbocycles. The Hall–Kier alpha value is -2.69. The van der Waals surface area contributed by atoms with Crippen LogP contribution in [0.15, 0.2) is 53.4 Å². The predicted octanol–water partition coefficient (Wildman–Crippen LogP) is 2.53. The molecule has 0 bridgehead atoms. The third-order valence-corrected chi connectivity index (χ3v) is 4.14. The highest BCUT2D eigenvalue weighted by Gasteiger charge is 2.06. The molecule has 2 aromatic carbocycles. The fraction of sp³-hybridized carbons (Fsp3) is 0.118. The molecule has 128 valence electrons. The second-order valence-corrected chi connectivity index (χ2v) is 6.25. The summed E-state index contributed by atoms with van der Waals surface area (Å²) in [6, 6.07) is 15.4. The van der Waals surface area contributed by atoms with E-state index in [9.17, 15) is 9.59 Å². The number of halogens is 1. The first-order valence-electron chi connectivity index (χ1n) is 7.16. The van der Waals surface area contributed by atoms with Gasteiger partial charge < -0.3 is 4.74 Å². The largest absolute Gasteiger partial charge is 0.484 e. The fourth-order valence-corrected chi connectivity index (χ4v) is 2.49. The number of carbonyl (C=O) groups excluding carboxylic acids is 2. The molecule has 0 fully saturated rings. The van der Waals surface area contributed by atoms with Crippen LogP contribution in [-0.4, -0.2) is 24.2 Å². The number of rotatable bonds is 6. The summed E-state index contributed by atoms with van der Waals surface area (Å²) in [7, 11) is 0. The Morgan fingerprint density at radius 2 is 1.68 bits per heavy atom. The molecule has 0 radical (unpaired) electrons. The summed E-state index contributed by atoms with van der Waals surface area (Å²) < 4.78 is 5.25. The van der Waals surface area contributed by atoms with Gasteiger partial charge in [0.25, 0.3) is 5.91 Å². The van der Waals surface area contributed by atoms with Gasteiger partial charge in [0.05, 0.1) is 17.4 Å². The number of nitrogens with one attached hydrogen (secondary N) is 2. The average Bonchev–Trinajstić information content (AvgIpc) is 2.64.